The van der Waals surface area contributed by atoms with E-state index in [4.69, 9.17) is 15.2 Å². The number of anilines is 1. The van der Waals surface area contributed by atoms with Gasteiger partial charge in [0.25, 0.3) is 0 Å². The highest BCUT2D eigenvalue weighted by Crippen LogP contribution is 2.40. The molecule has 1 aromatic rings. The van der Waals surface area contributed by atoms with Gasteiger partial charge in [0, 0.05) is 24.3 Å². The summed E-state index contributed by atoms with van der Waals surface area (Å²) in [6.07, 6.45) is 3.32. The van der Waals surface area contributed by atoms with Crippen LogP contribution in [-0.4, -0.2) is 29.8 Å². The Hall–Kier alpha value is -0.390. The van der Waals surface area contributed by atoms with Crippen LogP contribution in [0.4, 0.5) is 5.69 Å². The molecule has 0 saturated carbocycles. The van der Waals surface area contributed by atoms with Gasteiger partial charge in [-0.3, -0.25) is 0 Å². The number of nitrogens with two attached hydrogens (primary N) is 1. The molecule has 2 unspecified atom stereocenters. The summed E-state index contributed by atoms with van der Waals surface area (Å²) in [5.74, 6) is 3.15. The average molecular weight is 344 g/mol. The van der Waals surface area contributed by atoms with Crippen LogP contribution < -0.4 is 10.5 Å². The number of hydrogen-bond acceptors (Lipinski definition) is 4. The van der Waals surface area contributed by atoms with Crippen molar-refractivity contribution in [2.45, 2.75) is 31.0 Å². The Labute approximate surface area is 126 Å². The Kier molecular flexibility index (Phi) is 3.96. The second-order valence-electron chi connectivity index (χ2n) is 5.23. The first kappa shape index (κ1) is 13.6. The zero-order valence-electron chi connectivity index (χ0n) is 10.7. The largest absolute Gasteiger partial charge is 0.489 e. The quantitative estimate of drug-likeness (QED) is 0.835. The van der Waals surface area contributed by atoms with Crippen LogP contribution in [0.3, 0.4) is 0 Å². The second kappa shape index (κ2) is 5.54. The van der Waals surface area contributed by atoms with Crippen molar-refractivity contribution < 1.29 is 9.47 Å². The van der Waals surface area contributed by atoms with Crippen molar-refractivity contribution in [3.05, 3.63) is 22.7 Å². The molecular formula is C14H18BrNO2S. The molecule has 2 aliphatic heterocycles. The Bertz CT molecular complexity index is 463. The number of rotatable bonds is 2. The summed E-state index contributed by atoms with van der Waals surface area (Å²) in [6.45, 7) is 0.797. The Balaban J connectivity index is 1.71. The SMILES string of the molecule is Nc1cccc(OC2CCOC3(CCSC3)C2)c1Br. The van der Waals surface area contributed by atoms with Gasteiger partial charge in [-0.05, 0) is 40.2 Å². The molecule has 3 nitrogen and oxygen atoms in total. The van der Waals surface area contributed by atoms with E-state index in [-0.39, 0.29) is 11.7 Å². The van der Waals surface area contributed by atoms with E-state index in [0.717, 1.165) is 47.5 Å². The number of halogens is 1. The Morgan fingerprint density at radius 1 is 1.47 bits per heavy atom. The fraction of sp³-hybridized carbons (Fsp3) is 0.571. The van der Waals surface area contributed by atoms with Crippen LogP contribution >= 0.6 is 27.7 Å². The van der Waals surface area contributed by atoms with Crippen LogP contribution in [0.5, 0.6) is 5.75 Å². The minimum atomic E-state index is 0.0559. The molecule has 0 aliphatic carbocycles. The average Bonchev–Trinajstić information content (AvgIpc) is 2.83. The molecule has 2 saturated heterocycles. The molecule has 0 aromatic heterocycles. The molecule has 2 aliphatic rings. The third-order valence-corrected chi connectivity index (χ3v) is 5.87. The normalized spacial score (nSPS) is 30.7. The molecule has 19 heavy (non-hydrogen) atoms. The Morgan fingerprint density at radius 3 is 3.16 bits per heavy atom. The highest BCUT2D eigenvalue weighted by Gasteiger charge is 2.41. The molecule has 2 atom stereocenters. The van der Waals surface area contributed by atoms with Crippen molar-refractivity contribution in [1.29, 1.82) is 0 Å². The summed E-state index contributed by atoms with van der Waals surface area (Å²) in [6, 6.07) is 5.76. The maximum atomic E-state index is 6.14. The first-order valence-corrected chi connectivity index (χ1v) is 8.56. The highest BCUT2D eigenvalue weighted by atomic mass is 79.9. The molecular weight excluding hydrogens is 326 g/mol. The van der Waals surface area contributed by atoms with Crippen molar-refractivity contribution >= 4 is 33.4 Å². The number of benzene rings is 1. The predicted molar refractivity (Wildman–Crippen MR) is 82.8 cm³/mol. The molecule has 104 valence electrons. The molecule has 5 heteroatoms. The summed E-state index contributed by atoms with van der Waals surface area (Å²) < 4.78 is 13.0. The van der Waals surface area contributed by atoms with Crippen molar-refractivity contribution in [1.82, 2.24) is 0 Å². The van der Waals surface area contributed by atoms with Crippen LogP contribution in [-0.2, 0) is 4.74 Å². The van der Waals surface area contributed by atoms with Gasteiger partial charge < -0.3 is 15.2 Å². The topological polar surface area (TPSA) is 44.5 Å². The van der Waals surface area contributed by atoms with E-state index in [9.17, 15) is 0 Å². The van der Waals surface area contributed by atoms with E-state index in [1.807, 2.05) is 30.0 Å². The van der Waals surface area contributed by atoms with E-state index in [1.54, 1.807) is 0 Å². The van der Waals surface area contributed by atoms with Crippen LogP contribution in [0.15, 0.2) is 22.7 Å². The maximum Gasteiger partial charge on any atom is 0.135 e. The first-order valence-electron chi connectivity index (χ1n) is 6.61. The van der Waals surface area contributed by atoms with Gasteiger partial charge in [0.2, 0.25) is 0 Å². The molecule has 2 heterocycles. The van der Waals surface area contributed by atoms with Gasteiger partial charge in [0.05, 0.1) is 16.7 Å². The lowest BCUT2D eigenvalue weighted by Gasteiger charge is -2.37. The van der Waals surface area contributed by atoms with Gasteiger partial charge in [-0.1, -0.05) is 6.07 Å². The summed E-state index contributed by atoms with van der Waals surface area (Å²) >= 11 is 5.48. The maximum absolute atomic E-state index is 6.14. The summed E-state index contributed by atoms with van der Waals surface area (Å²) in [4.78, 5) is 0. The van der Waals surface area contributed by atoms with Crippen molar-refractivity contribution in [2.24, 2.45) is 0 Å². The third-order valence-electron chi connectivity index (χ3n) is 3.80. The zero-order valence-corrected chi connectivity index (χ0v) is 13.1. The van der Waals surface area contributed by atoms with Crippen LogP contribution in [0.1, 0.15) is 19.3 Å². The standard InChI is InChI=1S/C14H18BrNO2S/c15-13-11(16)2-1-3-12(13)18-10-4-6-17-14(8-10)5-7-19-9-14/h1-3,10H,4-9,16H2. The van der Waals surface area contributed by atoms with E-state index in [2.05, 4.69) is 15.9 Å². The summed E-state index contributed by atoms with van der Waals surface area (Å²) in [5.41, 5.74) is 6.66. The van der Waals surface area contributed by atoms with Crippen molar-refractivity contribution in [3.63, 3.8) is 0 Å². The lowest BCUT2D eigenvalue weighted by atomic mass is 9.91. The Morgan fingerprint density at radius 2 is 2.37 bits per heavy atom. The molecule has 0 amide bonds. The van der Waals surface area contributed by atoms with Gasteiger partial charge in [-0.15, -0.1) is 0 Å². The van der Waals surface area contributed by atoms with Gasteiger partial charge in [0.15, 0.2) is 0 Å². The van der Waals surface area contributed by atoms with Gasteiger partial charge in [-0.25, -0.2) is 0 Å². The lowest BCUT2D eigenvalue weighted by molar-refractivity contribution is -0.0959. The molecule has 2 N–H and O–H groups in total. The molecule has 2 fully saturated rings. The highest BCUT2D eigenvalue weighted by molar-refractivity contribution is 9.10. The first-order chi connectivity index (χ1) is 9.19. The zero-order chi connectivity index (χ0) is 13.3. The van der Waals surface area contributed by atoms with E-state index in [1.165, 1.54) is 5.75 Å². The van der Waals surface area contributed by atoms with Crippen molar-refractivity contribution in [2.75, 3.05) is 23.8 Å². The minimum absolute atomic E-state index is 0.0559. The molecule has 1 aromatic carbocycles. The van der Waals surface area contributed by atoms with E-state index >= 15 is 0 Å². The number of ether oxygens (including phenoxy) is 2. The monoisotopic (exact) mass is 343 g/mol. The van der Waals surface area contributed by atoms with E-state index in [0.29, 0.717) is 0 Å². The number of thioether (sulfide) groups is 1. The summed E-state index contributed by atoms with van der Waals surface area (Å²) in [7, 11) is 0. The molecule has 3 rings (SSSR count). The van der Waals surface area contributed by atoms with Crippen LogP contribution in [0.2, 0.25) is 0 Å². The smallest absolute Gasteiger partial charge is 0.135 e. The van der Waals surface area contributed by atoms with Gasteiger partial charge in [-0.2, -0.15) is 11.8 Å². The van der Waals surface area contributed by atoms with Crippen LogP contribution in [0.25, 0.3) is 0 Å². The number of nitrogen functional groups attached to an aromatic ring is 1. The molecule has 1 spiro atoms. The second-order valence-corrected chi connectivity index (χ2v) is 7.12. The van der Waals surface area contributed by atoms with Crippen LogP contribution in [0, 0.1) is 0 Å². The molecule has 0 bridgehead atoms. The predicted octanol–water partition coefficient (Wildman–Crippen LogP) is 3.46. The fourth-order valence-corrected chi connectivity index (χ4v) is 4.48. The lowest BCUT2D eigenvalue weighted by Crippen LogP contribution is -2.43. The van der Waals surface area contributed by atoms with Gasteiger partial charge in [0.1, 0.15) is 11.9 Å². The summed E-state index contributed by atoms with van der Waals surface area (Å²) in [5, 5.41) is 0. The number of hydrogen-bond donors (Lipinski definition) is 1. The van der Waals surface area contributed by atoms with Gasteiger partial charge >= 0.3 is 0 Å². The minimum Gasteiger partial charge on any atom is -0.489 e. The third kappa shape index (κ3) is 2.88. The molecule has 0 radical (unpaired) electrons. The van der Waals surface area contributed by atoms with E-state index < -0.39 is 0 Å². The van der Waals surface area contributed by atoms with Crippen molar-refractivity contribution in [3.8, 4) is 5.75 Å². The fourth-order valence-electron chi connectivity index (χ4n) is 2.75.